The van der Waals surface area contributed by atoms with Crippen LogP contribution in [0.1, 0.15) is 16.3 Å². The minimum absolute atomic E-state index is 0.208. The van der Waals surface area contributed by atoms with E-state index in [1.807, 2.05) is 12.3 Å². The van der Waals surface area contributed by atoms with Gasteiger partial charge in [-0.2, -0.15) is 0 Å². The Morgan fingerprint density at radius 1 is 1.43 bits per heavy atom. The molecule has 2 rings (SSSR count). The lowest BCUT2D eigenvalue weighted by Crippen LogP contribution is -2.26. The Morgan fingerprint density at radius 2 is 2.19 bits per heavy atom. The fourth-order valence-corrected chi connectivity index (χ4v) is 4.49. The maximum Gasteiger partial charge on any atom is 0.241 e. The second-order valence-electron chi connectivity index (χ2n) is 4.47. The summed E-state index contributed by atoms with van der Waals surface area (Å²) in [6.45, 7) is 2.53. The summed E-state index contributed by atoms with van der Waals surface area (Å²) in [5.41, 5.74) is 7.22. The van der Waals surface area contributed by atoms with E-state index < -0.39 is 10.0 Å². The molecule has 0 amide bonds. The molecule has 2 aromatic rings. The monoisotopic (exact) mass is 389 g/mol. The Balaban J connectivity index is 2.07. The third-order valence-electron chi connectivity index (χ3n) is 2.86. The third-order valence-corrected chi connectivity index (χ3v) is 6.14. The minimum Gasteiger partial charge on any atom is -0.326 e. The molecule has 1 heterocycles. The van der Waals surface area contributed by atoms with E-state index in [-0.39, 0.29) is 4.90 Å². The lowest BCUT2D eigenvalue weighted by atomic mass is 10.2. The second-order valence-corrected chi connectivity index (χ2v) is 8.13. The summed E-state index contributed by atoms with van der Waals surface area (Å²) in [5, 5.41) is 2.92. The number of nitrogens with two attached hydrogens (primary N) is 1. The van der Waals surface area contributed by atoms with Crippen molar-refractivity contribution in [3.05, 3.63) is 44.3 Å². The van der Waals surface area contributed by atoms with E-state index in [0.29, 0.717) is 24.0 Å². The van der Waals surface area contributed by atoms with Crippen molar-refractivity contribution < 1.29 is 8.42 Å². The van der Waals surface area contributed by atoms with Crippen molar-refractivity contribution in [2.24, 2.45) is 5.73 Å². The third kappa shape index (κ3) is 4.33. The van der Waals surface area contributed by atoms with Gasteiger partial charge in [0.05, 0.1) is 15.6 Å². The first-order valence-corrected chi connectivity index (χ1v) is 9.47. The van der Waals surface area contributed by atoms with E-state index in [9.17, 15) is 8.42 Å². The number of aromatic nitrogens is 1. The zero-order chi connectivity index (χ0) is 15.5. The molecule has 0 radical (unpaired) electrons. The molecule has 0 unspecified atom stereocenters. The van der Waals surface area contributed by atoms with Crippen molar-refractivity contribution in [2.45, 2.75) is 24.8 Å². The van der Waals surface area contributed by atoms with Gasteiger partial charge in [0.15, 0.2) is 0 Å². The summed E-state index contributed by atoms with van der Waals surface area (Å²) in [4.78, 5) is 4.51. The van der Waals surface area contributed by atoms with Crippen LogP contribution in [0.2, 0.25) is 0 Å². The minimum atomic E-state index is -3.56. The van der Waals surface area contributed by atoms with Crippen LogP contribution in [-0.2, 0) is 23.0 Å². The number of halogens is 1. The van der Waals surface area contributed by atoms with Crippen LogP contribution in [0.5, 0.6) is 0 Å². The van der Waals surface area contributed by atoms with Crippen molar-refractivity contribution in [3.63, 3.8) is 0 Å². The summed E-state index contributed by atoms with van der Waals surface area (Å²) < 4.78 is 27.7. The van der Waals surface area contributed by atoms with Gasteiger partial charge in [0.2, 0.25) is 10.0 Å². The predicted molar refractivity (Wildman–Crippen MR) is 87.8 cm³/mol. The van der Waals surface area contributed by atoms with Crippen LogP contribution >= 0.6 is 27.3 Å². The second kappa shape index (κ2) is 6.97. The number of hydrogen-bond donors (Lipinski definition) is 2. The SMILES string of the molecule is Cc1nc(CCNS(=O)(=O)c2cc(CN)ccc2Br)cs1. The lowest BCUT2D eigenvalue weighted by molar-refractivity contribution is 0.580. The van der Waals surface area contributed by atoms with Crippen LogP contribution < -0.4 is 10.5 Å². The number of nitrogens with one attached hydrogen (secondary N) is 1. The van der Waals surface area contributed by atoms with Gasteiger partial charge in [-0.1, -0.05) is 6.07 Å². The van der Waals surface area contributed by atoms with Crippen molar-refractivity contribution in [3.8, 4) is 0 Å². The van der Waals surface area contributed by atoms with Gasteiger partial charge < -0.3 is 5.73 Å². The van der Waals surface area contributed by atoms with Gasteiger partial charge >= 0.3 is 0 Å². The standard InChI is InChI=1S/C13H16BrN3O2S2/c1-9-17-11(8-20-9)4-5-16-21(18,19)13-6-10(7-15)2-3-12(13)14/h2-3,6,8,16H,4-5,7,15H2,1H3. The van der Waals surface area contributed by atoms with Crippen molar-refractivity contribution in [2.75, 3.05) is 6.54 Å². The summed E-state index contributed by atoms with van der Waals surface area (Å²) in [5.74, 6) is 0. The van der Waals surface area contributed by atoms with E-state index in [4.69, 9.17) is 5.73 Å². The molecule has 8 heteroatoms. The van der Waals surface area contributed by atoms with Crippen LogP contribution in [0.3, 0.4) is 0 Å². The average Bonchev–Trinajstić information content (AvgIpc) is 2.84. The highest BCUT2D eigenvalue weighted by molar-refractivity contribution is 9.10. The number of thiazole rings is 1. The van der Waals surface area contributed by atoms with Gasteiger partial charge in [0.25, 0.3) is 0 Å². The highest BCUT2D eigenvalue weighted by Gasteiger charge is 2.17. The van der Waals surface area contributed by atoms with Crippen LogP contribution in [0, 0.1) is 6.92 Å². The topological polar surface area (TPSA) is 85.1 Å². The maximum atomic E-state index is 12.3. The van der Waals surface area contributed by atoms with E-state index in [1.165, 1.54) is 0 Å². The van der Waals surface area contributed by atoms with E-state index in [0.717, 1.165) is 16.3 Å². The van der Waals surface area contributed by atoms with E-state index in [1.54, 1.807) is 29.5 Å². The van der Waals surface area contributed by atoms with Crippen LogP contribution in [-0.4, -0.2) is 19.9 Å². The Bertz CT molecular complexity index is 729. The molecule has 0 aliphatic rings. The molecule has 0 spiro atoms. The predicted octanol–water partition coefficient (Wildman–Crippen LogP) is 2.19. The van der Waals surface area contributed by atoms with Crippen LogP contribution in [0.25, 0.3) is 0 Å². The van der Waals surface area contributed by atoms with Gasteiger partial charge in [-0.15, -0.1) is 11.3 Å². The van der Waals surface area contributed by atoms with Gasteiger partial charge in [0.1, 0.15) is 0 Å². The van der Waals surface area contributed by atoms with Gasteiger partial charge in [0, 0.05) is 29.4 Å². The molecule has 1 aromatic carbocycles. The Kier molecular flexibility index (Phi) is 5.50. The van der Waals surface area contributed by atoms with Crippen LogP contribution in [0.15, 0.2) is 32.9 Å². The number of sulfonamides is 1. The zero-order valence-corrected chi connectivity index (χ0v) is 14.7. The summed E-state index contributed by atoms with van der Waals surface area (Å²) in [6, 6.07) is 5.07. The number of benzene rings is 1. The maximum absolute atomic E-state index is 12.3. The number of aryl methyl sites for hydroxylation is 1. The molecule has 5 nitrogen and oxygen atoms in total. The molecule has 0 aliphatic heterocycles. The molecule has 3 N–H and O–H groups in total. The highest BCUT2D eigenvalue weighted by Crippen LogP contribution is 2.23. The van der Waals surface area contributed by atoms with Crippen molar-refractivity contribution in [1.82, 2.24) is 9.71 Å². The fourth-order valence-electron chi connectivity index (χ4n) is 1.79. The Labute approximate surface area is 136 Å². The summed E-state index contributed by atoms with van der Waals surface area (Å²) in [7, 11) is -3.56. The number of hydrogen-bond acceptors (Lipinski definition) is 5. The Hall–Kier alpha value is -0.800. The first-order chi connectivity index (χ1) is 9.92. The molecule has 0 atom stereocenters. The molecule has 0 saturated carbocycles. The first-order valence-electron chi connectivity index (χ1n) is 6.31. The molecule has 0 aliphatic carbocycles. The van der Waals surface area contributed by atoms with Crippen molar-refractivity contribution >= 4 is 37.3 Å². The molecule has 0 saturated heterocycles. The molecule has 21 heavy (non-hydrogen) atoms. The van der Waals surface area contributed by atoms with Gasteiger partial charge in [-0.05, 0) is 40.5 Å². The van der Waals surface area contributed by atoms with Gasteiger partial charge in [-0.3, -0.25) is 0 Å². The normalized spacial score (nSPS) is 11.8. The molecule has 1 aromatic heterocycles. The first kappa shape index (κ1) is 16.6. The van der Waals surface area contributed by atoms with E-state index >= 15 is 0 Å². The largest absolute Gasteiger partial charge is 0.326 e. The molecular weight excluding hydrogens is 374 g/mol. The lowest BCUT2D eigenvalue weighted by Gasteiger charge is -2.09. The van der Waals surface area contributed by atoms with Crippen molar-refractivity contribution in [1.29, 1.82) is 0 Å². The summed E-state index contributed by atoms with van der Waals surface area (Å²) >= 11 is 4.82. The average molecular weight is 390 g/mol. The smallest absolute Gasteiger partial charge is 0.241 e. The van der Waals surface area contributed by atoms with Crippen LogP contribution in [0.4, 0.5) is 0 Å². The molecular formula is C13H16BrN3O2S2. The Morgan fingerprint density at radius 3 is 2.81 bits per heavy atom. The molecule has 0 bridgehead atoms. The van der Waals surface area contributed by atoms with Gasteiger partial charge in [-0.25, -0.2) is 18.1 Å². The highest BCUT2D eigenvalue weighted by atomic mass is 79.9. The zero-order valence-electron chi connectivity index (χ0n) is 11.5. The molecule has 0 fully saturated rings. The molecule has 114 valence electrons. The summed E-state index contributed by atoms with van der Waals surface area (Å²) in [6.07, 6.45) is 0.567. The van der Waals surface area contributed by atoms with E-state index in [2.05, 4.69) is 25.6 Å². The number of rotatable bonds is 6. The number of nitrogens with zero attached hydrogens (tertiary/aromatic N) is 1. The fraction of sp³-hybridized carbons (Fsp3) is 0.308. The quantitative estimate of drug-likeness (QED) is 0.792.